The summed E-state index contributed by atoms with van der Waals surface area (Å²) >= 11 is 12.0. The van der Waals surface area contributed by atoms with Crippen LogP contribution in [0.2, 0.25) is 10.0 Å². The fourth-order valence-electron chi connectivity index (χ4n) is 4.17. The smallest absolute Gasteiger partial charge is 0.260 e. The second-order valence-electron chi connectivity index (χ2n) is 6.97. The second kappa shape index (κ2) is 6.90. The zero-order valence-corrected chi connectivity index (χ0v) is 15.0. The number of amides is 1. The third-order valence-electron chi connectivity index (χ3n) is 5.37. The van der Waals surface area contributed by atoms with E-state index in [1.807, 2.05) is 0 Å². The van der Waals surface area contributed by atoms with Crippen LogP contribution in [0.15, 0.2) is 18.2 Å². The van der Waals surface area contributed by atoms with Crippen LogP contribution in [0, 0.1) is 17.8 Å². The van der Waals surface area contributed by atoms with Crippen LogP contribution in [0.25, 0.3) is 0 Å². The number of rotatable bonds is 5. The molecule has 5 atom stereocenters. The van der Waals surface area contributed by atoms with Gasteiger partial charge in [-0.3, -0.25) is 4.79 Å². The fourth-order valence-corrected chi connectivity index (χ4v) is 4.62. The highest BCUT2D eigenvalue weighted by atomic mass is 35.5. The molecule has 2 fully saturated rings. The van der Waals surface area contributed by atoms with Crippen LogP contribution in [0.5, 0.6) is 5.75 Å². The molecule has 23 heavy (non-hydrogen) atoms. The molecule has 3 rings (SSSR count). The Labute approximate surface area is 147 Å². The first-order valence-corrected chi connectivity index (χ1v) is 9.11. The Morgan fingerprint density at radius 2 is 2.04 bits per heavy atom. The molecular formula is C18H23Cl2NO2. The monoisotopic (exact) mass is 355 g/mol. The molecule has 0 aromatic heterocycles. The van der Waals surface area contributed by atoms with Gasteiger partial charge in [-0.25, -0.2) is 0 Å². The lowest BCUT2D eigenvalue weighted by Crippen LogP contribution is -2.45. The predicted molar refractivity (Wildman–Crippen MR) is 93.1 cm³/mol. The molecule has 0 saturated heterocycles. The van der Waals surface area contributed by atoms with Crippen molar-refractivity contribution < 1.29 is 9.53 Å². The lowest BCUT2D eigenvalue weighted by molar-refractivity contribution is -0.128. The largest absolute Gasteiger partial charge is 0.479 e. The van der Waals surface area contributed by atoms with E-state index in [-0.39, 0.29) is 11.9 Å². The Morgan fingerprint density at radius 3 is 2.65 bits per heavy atom. The molecule has 1 aromatic rings. The normalized spacial score (nSPS) is 28.4. The highest BCUT2D eigenvalue weighted by molar-refractivity contribution is 6.35. The second-order valence-corrected chi connectivity index (χ2v) is 7.81. The lowest BCUT2D eigenvalue weighted by atomic mass is 9.84. The van der Waals surface area contributed by atoms with Gasteiger partial charge < -0.3 is 10.1 Å². The summed E-state index contributed by atoms with van der Waals surface area (Å²) in [6.07, 6.45) is 4.70. The van der Waals surface area contributed by atoms with Crippen LogP contribution < -0.4 is 10.1 Å². The van der Waals surface area contributed by atoms with Gasteiger partial charge in [-0.1, -0.05) is 29.6 Å². The van der Waals surface area contributed by atoms with Gasteiger partial charge in [-0.15, -0.1) is 0 Å². The molecular weight excluding hydrogens is 333 g/mol. The maximum absolute atomic E-state index is 12.4. The zero-order valence-electron chi connectivity index (χ0n) is 13.5. The van der Waals surface area contributed by atoms with E-state index in [1.54, 1.807) is 25.1 Å². The first-order chi connectivity index (χ1) is 10.9. The van der Waals surface area contributed by atoms with Gasteiger partial charge in [-0.2, -0.15) is 0 Å². The van der Waals surface area contributed by atoms with Crippen molar-refractivity contribution in [3.8, 4) is 5.75 Å². The molecule has 0 heterocycles. The number of carbonyl (C=O) groups is 1. The number of hydrogen-bond donors (Lipinski definition) is 1. The van der Waals surface area contributed by atoms with E-state index < -0.39 is 6.10 Å². The van der Waals surface area contributed by atoms with Gasteiger partial charge in [0.15, 0.2) is 6.10 Å². The standard InChI is InChI=1S/C18H23Cl2NO2/c1-10(15-8-12-3-4-13(15)7-12)21-18(22)11(2)23-17-6-5-14(19)9-16(17)20/h5-6,9-13,15H,3-4,7-8H2,1-2H3,(H,21,22)/t10-,11+,12-,13-,15+/m1/s1. The van der Waals surface area contributed by atoms with Crippen LogP contribution in [0.3, 0.4) is 0 Å². The van der Waals surface area contributed by atoms with Crippen molar-refractivity contribution in [1.29, 1.82) is 0 Å². The average molecular weight is 356 g/mol. The Hall–Kier alpha value is -0.930. The molecule has 126 valence electrons. The first-order valence-electron chi connectivity index (χ1n) is 8.36. The molecule has 0 spiro atoms. The summed E-state index contributed by atoms with van der Waals surface area (Å²) in [6.45, 7) is 3.86. The summed E-state index contributed by atoms with van der Waals surface area (Å²) in [5, 5.41) is 4.09. The number of fused-ring (bicyclic) bond motifs is 2. The van der Waals surface area contributed by atoms with Crippen molar-refractivity contribution in [2.45, 2.75) is 51.7 Å². The molecule has 0 radical (unpaired) electrons. The number of benzene rings is 1. The SMILES string of the molecule is C[C@H](Oc1ccc(Cl)cc1Cl)C(=O)N[C@H](C)[C@@H]1C[C@@H]2CC[C@@H]1C2. The number of hydrogen-bond acceptors (Lipinski definition) is 2. The third-order valence-corrected chi connectivity index (χ3v) is 5.90. The van der Waals surface area contributed by atoms with Crippen LogP contribution >= 0.6 is 23.2 Å². The van der Waals surface area contributed by atoms with Crippen LogP contribution in [0.1, 0.15) is 39.5 Å². The predicted octanol–water partition coefficient (Wildman–Crippen LogP) is 4.70. The summed E-state index contributed by atoms with van der Waals surface area (Å²) in [5.74, 6) is 2.67. The van der Waals surface area contributed by atoms with Crippen molar-refractivity contribution in [3.05, 3.63) is 28.2 Å². The zero-order chi connectivity index (χ0) is 16.6. The van der Waals surface area contributed by atoms with Gasteiger partial charge in [0.2, 0.25) is 0 Å². The quantitative estimate of drug-likeness (QED) is 0.830. The third kappa shape index (κ3) is 3.77. The molecule has 1 amide bonds. The summed E-state index contributed by atoms with van der Waals surface area (Å²) in [4.78, 5) is 12.4. The molecule has 1 aromatic carbocycles. The molecule has 5 heteroatoms. The van der Waals surface area contributed by atoms with Crippen LogP contribution in [-0.2, 0) is 4.79 Å². The maximum Gasteiger partial charge on any atom is 0.260 e. The molecule has 3 nitrogen and oxygen atoms in total. The van der Waals surface area contributed by atoms with Gasteiger partial charge in [0.1, 0.15) is 5.75 Å². The minimum absolute atomic E-state index is 0.0914. The number of ether oxygens (including phenoxy) is 1. The van der Waals surface area contributed by atoms with E-state index in [1.165, 1.54) is 25.7 Å². The highest BCUT2D eigenvalue weighted by Gasteiger charge is 2.42. The van der Waals surface area contributed by atoms with Gasteiger partial charge in [-0.05, 0) is 69.1 Å². The molecule has 0 unspecified atom stereocenters. The number of halogens is 2. The molecule has 2 aliphatic rings. The Kier molecular flexibility index (Phi) is 5.07. The topological polar surface area (TPSA) is 38.3 Å². The van der Waals surface area contributed by atoms with Crippen LogP contribution in [-0.4, -0.2) is 18.1 Å². The number of carbonyl (C=O) groups excluding carboxylic acids is 1. The molecule has 1 N–H and O–H groups in total. The van der Waals surface area contributed by atoms with Gasteiger partial charge in [0.05, 0.1) is 5.02 Å². The van der Waals surface area contributed by atoms with Crippen molar-refractivity contribution in [2.75, 3.05) is 0 Å². The summed E-state index contributed by atoms with van der Waals surface area (Å²) < 4.78 is 5.68. The molecule has 2 saturated carbocycles. The highest BCUT2D eigenvalue weighted by Crippen LogP contribution is 2.49. The maximum atomic E-state index is 12.4. The van der Waals surface area contributed by atoms with Gasteiger partial charge in [0.25, 0.3) is 5.91 Å². The van der Waals surface area contributed by atoms with E-state index in [4.69, 9.17) is 27.9 Å². The molecule has 2 bridgehead atoms. The van der Waals surface area contributed by atoms with E-state index in [2.05, 4.69) is 12.2 Å². The van der Waals surface area contributed by atoms with Gasteiger partial charge in [0, 0.05) is 11.1 Å². The van der Waals surface area contributed by atoms with Crippen molar-refractivity contribution >= 4 is 29.1 Å². The Balaban J connectivity index is 1.55. The minimum Gasteiger partial charge on any atom is -0.479 e. The van der Waals surface area contributed by atoms with E-state index in [0.29, 0.717) is 21.7 Å². The first kappa shape index (κ1) is 16.9. The number of nitrogens with one attached hydrogen (secondary N) is 1. The van der Waals surface area contributed by atoms with Crippen molar-refractivity contribution in [2.24, 2.45) is 17.8 Å². The van der Waals surface area contributed by atoms with E-state index in [0.717, 1.165) is 11.8 Å². The van der Waals surface area contributed by atoms with Crippen LogP contribution in [0.4, 0.5) is 0 Å². The summed E-state index contributed by atoms with van der Waals surface area (Å²) in [6, 6.07) is 5.20. The van der Waals surface area contributed by atoms with E-state index >= 15 is 0 Å². The minimum atomic E-state index is -0.588. The van der Waals surface area contributed by atoms with Gasteiger partial charge >= 0.3 is 0 Å². The molecule has 2 aliphatic carbocycles. The Morgan fingerprint density at radius 1 is 1.26 bits per heavy atom. The summed E-state index contributed by atoms with van der Waals surface area (Å²) in [7, 11) is 0. The fraction of sp³-hybridized carbons (Fsp3) is 0.611. The average Bonchev–Trinajstić information content (AvgIpc) is 3.12. The Bertz CT molecular complexity index is 592. The van der Waals surface area contributed by atoms with Crippen molar-refractivity contribution in [3.63, 3.8) is 0 Å². The van der Waals surface area contributed by atoms with E-state index in [9.17, 15) is 4.79 Å². The van der Waals surface area contributed by atoms with Crippen molar-refractivity contribution in [1.82, 2.24) is 5.32 Å². The lowest BCUT2D eigenvalue weighted by Gasteiger charge is -2.29. The summed E-state index contributed by atoms with van der Waals surface area (Å²) in [5.41, 5.74) is 0. The molecule has 0 aliphatic heterocycles.